The summed E-state index contributed by atoms with van der Waals surface area (Å²) in [4.78, 5) is 0. The van der Waals surface area contributed by atoms with Crippen LogP contribution in [0.3, 0.4) is 0 Å². The second-order valence-corrected chi connectivity index (χ2v) is 8.06. The lowest BCUT2D eigenvalue weighted by molar-refractivity contribution is 0.101. The highest BCUT2D eigenvalue weighted by atomic mass is 32.2. The molecule has 1 fully saturated rings. The van der Waals surface area contributed by atoms with Gasteiger partial charge in [0.25, 0.3) is 0 Å². The van der Waals surface area contributed by atoms with E-state index in [-0.39, 0.29) is 5.92 Å². The summed E-state index contributed by atoms with van der Waals surface area (Å²) in [6, 6.07) is 8.19. The van der Waals surface area contributed by atoms with Crippen molar-refractivity contribution in [1.29, 1.82) is 0 Å². The molecule has 1 aliphatic carbocycles. The number of ether oxygens (including phenoxy) is 1. The first-order valence-corrected chi connectivity index (χ1v) is 9.41. The fourth-order valence-corrected chi connectivity index (χ4v) is 5.37. The fraction of sp³-hybridized carbons (Fsp3) is 0.625. The second-order valence-electron chi connectivity index (χ2n) is 5.90. The Morgan fingerprint density at radius 1 is 1.24 bits per heavy atom. The molecule has 118 valence electrons. The maximum absolute atomic E-state index is 12.1. The number of hydrogen-bond acceptors (Lipinski definition) is 4. The second kappa shape index (κ2) is 6.07. The van der Waals surface area contributed by atoms with E-state index in [1.807, 2.05) is 19.1 Å². The topological polar surface area (TPSA) is 69.4 Å². The monoisotopic (exact) mass is 311 g/mol. The van der Waals surface area contributed by atoms with Crippen LogP contribution in [0.5, 0.6) is 0 Å². The Labute approximate surface area is 127 Å². The first kappa shape index (κ1) is 16.5. The van der Waals surface area contributed by atoms with Crippen molar-refractivity contribution >= 4 is 9.84 Å². The maximum atomic E-state index is 12.1. The van der Waals surface area contributed by atoms with Crippen LogP contribution in [-0.2, 0) is 21.0 Å². The molecular weight excluding hydrogens is 286 g/mol. The minimum Gasteiger partial charge on any atom is -0.381 e. The molecule has 2 rings (SSSR count). The predicted molar refractivity (Wildman–Crippen MR) is 85.2 cm³/mol. The van der Waals surface area contributed by atoms with Gasteiger partial charge in [-0.3, -0.25) is 0 Å². The van der Waals surface area contributed by atoms with Crippen LogP contribution in [0.4, 0.5) is 0 Å². The van der Waals surface area contributed by atoms with E-state index in [0.717, 1.165) is 12.0 Å². The third-order valence-electron chi connectivity index (χ3n) is 4.54. The minimum atomic E-state index is -3.15. The van der Waals surface area contributed by atoms with E-state index in [2.05, 4.69) is 19.1 Å². The molecule has 3 atom stereocenters. The van der Waals surface area contributed by atoms with Crippen LogP contribution in [0.1, 0.15) is 30.9 Å². The summed E-state index contributed by atoms with van der Waals surface area (Å²) in [7, 11) is -3.15. The zero-order valence-corrected chi connectivity index (χ0v) is 13.8. The first-order chi connectivity index (χ1) is 9.90. The maximum Gasteiger partial charge on any atom is 0.151 e. The lowest BCUT2D eigenvalue weighted by Gasteiger charge is -2.15. The first-order valence-electron chi connectivity index (χ1n) is 7.46. The molecule has 0 aliphatic heterocycles. The normalized spacial score (nSPS) is 28.6. The number of nitrogens with two attached hydrogens (primary N) is 1. The molecule has 21 heavy (non-hydrogen) atoms. The number of rotatable bonds is 7. The van der Waals surface area contributed by atoms with Crippen molar-refractivity contribution in [3.63, 3.8) is 0 Å². The van der Waals surface area contributed by atoms with E-state index < -0.39 is 20.5 Å². The van der Waals surface area contributed by atoms with E-state index in [9.17, 15) is 8.42 Å². The largest absolute Gasteiger partial charge is 0.381 e. The number of sulfone groups is 1. The van der Waals surface area contributed by atoms with E-state index in [1.165, 1.54) is 11.8 Å². The lowest BCUT2D eigenvalue weighted by atomic mass is 9.99. The molecule has 0 heterocycles. The van der Waals surface area contributed by atoms with E-state index in [1.54, 1.807) is 0 Å². The molecule has 0 amide bonds. The molecule has 0 aromatic heterocycles. The Balaban J connectivity index is 2.34. The van der Waals surface area contributed by atoms with Crippen molar-refractivity contribution in [1.82, 2.24) is 0 Å². The fourth-order valence-electron chi connectivity index (χ4n) is 3.36. The van der Waals surface area contributed by atoms with Gasteiger partial charge < -0.3 is 10.5 Å². The summed E-state index contributed by atoms with van der Waals surface area (Å²) in [6.45, 7) is 5.31. The van der Waals surface area contributed by atoms with Crippen LogP contribution in [0, 0.1) is 5.41 Å². The van der Waals surface area contributed by atoms with Crippen LogP contribution >= 0.6 is 0 Å². The van der Waals surface area contributed by atoms with E-state index in [4.69, 9.17) is 10.5 Å². The SMILES string of the molecule is CCOC[C@@]1(CN)[C@H](c2ccc(CC)cc2)[C@@H]1S(C)(=O)=O. The summed E-state index contributed by atoms with van der Waals surface area (Å²) < 4.78 is 29.8. The van der Waals surface area contributed by atoms with Crippen molar-refractivity contribution in [2.24, 2.45) is 11.1 Å². The van der Waals surface area contributed by atoms with Crippen LogP contribution in [0.15, 0.2) is 24.3 Å². The van der Waals surface area contributed by atoms with Gasteiger partial charge in [0.2, 0.25) is 0 Å². The van der Waals surface area contributed by atoms with Crippen LogP contribution < -0.4 is 5.73 Å². The van der Waals surface area contributed by atoms with Gasteiger partial charge in [0.1, 0.15) is 0 Å². The van der Waals surface area contributed by atoms with Crippen molar-refractivity contribution in [2.45, 2.75) is 31.4 Å². The van der Waals surface area contributed by atoms with Crippen molar-refractivity contribution in [2.75, 3.05) is 26.0 Å². The van der Waals surface area contributed by atoms with Gasteiger partial charge in [-0.2, -0.15) is 0 Å². The Bertz CT molecular complexity index is 582. The number of benzene rings is 1. The highest BCUT2D eigenvalue weighted by Crippen LogP contribution is 2.62. The third kappa shape index (κ3) is 3.00. The highest BCUT2D eigenvalue weighted by molar-refractivity contribution is 7.91. The molecule has 1 aromatic carbocycles. The van der Waals surface area contributed by atoms with E-state index in [0.29, 0.717) is 19.8 Å². The average Bonchev–Trinajstić information content (AvgIpc) is 3.15. The van der Waals surface area contributed by atoms with Crippen molar-refractivity contribution < 1.29 is 13.2 Å². The Morgan fingerprint density at radius 2 is 1.86 bits per heavy atom. The van der Waals surface area contributed by atoms with Crippen LogP contribution in [-0.4, -0.2) is 39.7 Å². The molecule has 4 nitrogen and oxygen atoms in total. The Kier molecular flexibility index (Phi) is 4.76. The summed E-state index contributed by atoms with van der Waals surface area (Å²) in [6.07, 6.45) is 2.27. The number of aryl methyl sites for hydroxylation is 1. The summed E-state index contributed by atoms with van der Waals surface area (Å²) >= 11 is 0. The highest BCUT2D eigenvalue weighted by Gasteiger charge is 2.69. The molecule has 0 saturated heterocycles. The number of hydrogen-bond donors (Lipinski definition) is 1. The molecule has 0 bridgehead atoms. The Morgan fingerprint density at radius 3 is 2.29 bits per heavy atom. The molecule has 1 aliphatic rings. The van der Waals surface area contributed by atoms with Gasteiger partial charge in [-0.1, -0.05) is 31.2 Å². The van der Waals surface area contributed by atoms with Gasteiger partial charge in [-0.15, -0.1) is 0 Å². The zero-order valence-electron chi connectivity index (χ0n) is 13.0. The molecule has 2 N–H and O–H groups in total. The zero-order chi connectivity index (χ0) is 15.7. The summed E-state index contributed by atoms with van der Waals surface area (Å²) in [5.74, 6) is -0.0602. The minimum absolute atomic E-state index is 0.0602. The van der Waals surface area contributed by atoms with Crippen molar-refractivity contribution in [3.8, 4) is 0 Å². The van der Waals surface area contributed by atoms with Gasteiger partial charge in [-0.05, 0) is 24.5 Å². The average molecular weight is 311 g/mol. The molecule has 0 spiro atoms. The van der Waals surface area contributed by atoms with Crippen molar-refractivity contribution in [3.05, 3.63) is 35.4 Å². The smallest absolute Gasteiger partial charge is 0.151 e. The van der Waals surface area contributed by atoms with Crippen LogP contribution in [0.2, 0.25) is 0 Å². The quantitative estimate of drug-likeness (QED) is 0.833. The predicted octanol–water partition coefficient (Wildman–Crippen LogP) is 1.74. The summed E-state index contributed by atoms with van der Waals surface area (Å²) in [5, 5.41) is -0.436. The molecule has 1 aromatic rings. The molecular formula is C16H25NO3S. The van der Waals surface area contributed by atoms with Gasteiger partial charge in [-0.25, -0.2) is 8.42 Å². The van der Waals surface area contributed by atoms with Crippen LogP contribution in [0.25, 0.3) is 0 Å². The molecule has 0 radical (unpaired) electrons. The standard InChI is InChI=1S/C16H25NO3S/c1-4-12-6-8-13(9-7-12)14-15(21(3,18)19)16(14,10-17)11-20-5-2/h6-9,14-15H,4-5,10-11,17H2,1-3H3/t14-,15+,16+/m1/s1. The third-order valence-corrected chi connectivity index (χ3v) is 6.21. The van der Waals surface area contributed by atoms with Gasteiger partial charge in [0.15, 0.2) is 9.84 Å². The van der Waals surface area contributed by atoms with Gasteiger partial charge in [0, 0.05) is 30.7 Å². The summed E-state index contributed by atoms with van der Waals surface area (Å²) in [5.41, 5.74) is 7.76. The molecule has 5 heteroatoms. The van der Waals surface area contributed by atoms with Gasteiger partial charge >= 0.3 is 0 Å². The lowest BCUT2D eigenvalue weighted by Crippen LogP contribution is -2.28. The molecule has 0 unspecified atom stereocenters. The van der Waals surface area contributed by atoms with E-state index >= 15 is 0 Å². The Hall–Kier alpha value is -0.910. The van der Waals surface area contributed by atoms with Gasteiger partial charge in [0.05, 0.1) is 11.9 Å². The molecule has 1 saturated carbocycles.